The summed E-state index contributed by atoms with van der Waals surface area (Å²) in [5.74, 6) is 1.06. The SMILES string of the molecule is CC[C@H](C(=O)NC1CCCCC1)N(Cc1ccc(OC)cc1)C(=O)COc1ccc(Br)c(C)c1. The van der Waals surface area contributed by atoms with Gasteiger partial charge in [0.2, 0.25) is 5.91 Å². The average Bonchev–Trinajstić information content (AvgIpc) is 2.85. The Labute approximate surface area is 211 Å². The van der Waals surface area contributed by atoms with E-state index in [1.165, 1.54) is 6.42 Å². The number of nitrogens with zero attached hydrogens (tertiary/aromatic N) is 1. The van der Waals surface area contributed by atoms with Gasteiger partial charge in [0.25, 0.3) is 5.91 Å². The second-order valence-electron chi connectivity index (χ2n) is 8.84. The molecule has 6 nitrogen and oxygen atoms in total. The molecular weight excluding hydrogens is 496 g/mol. The standard InChI is InChI=1S/C27H35BrN2O4/c1-4-25(27(32)29-21-8-6-5-7-9-21)30(17-20-10-12-22(33-3)13-11-20)26(31)18-34-23-14-15-24(28)19(2)16-23/h10-16,21,25H,4-9,17-18H2,1-3H3,(H,29,32)/t25-/m1/s1. The predicted octanol–water partition coefficient (Wildman–Crippen LogP) is 5.40. The van der Waals surface area contributed by atoms with Gasteiger partial charge in [-0.2, -0.15) is 0 Å². The molecule has 184 valence electrons. The van der Waals surface area contributed by atoms with E-state index >= 15 is 0 Å². The van der Waals surface area contributed by atoms with E-state index in [4.69, 9.17) is 9.47 Å². The maximum atomic E-state index is 13.4. The maximum Gasteiger partial charge on any atom is 0.261 e. The Morgan fingerprint density at radius 2 is 1.76 bits per heavy atom. The molecule has 1 N–H and O–H groups in total. The smallest absolute Gasteiger partial charge is 0.261 e. The molecular formula is C27H35BrN2O4. The number of carbonyl (C=O) groups excluding carboxylic acids is 2. The van der Waals surface area contributed by atoms with Crippen molar-refractivity contribution in [2.24, 2.45) is 0 Å². The third-order valence-corrected chi connectivity index (χ3v) is 7.23. The van der Waals surface area contributed by atoms with Crippen LogP contribution in [-0.2, 0) is 16.1 Å². The van der Waals surface area contributed by atoms with Crippen LogP contribution in [0.1, 0.15) is 56.6 Å². The number of nitrogens with one attached hydrogen (secondary N) is 1. The van der Waals surface area contributed by atoms with Crippen LogP contribution in [0, 0.1) is 6.92 Å². The molecule has 1 atom stereocenters. The first kappa shape index (κ1) is 26.1. The molecule has 0 aromatic heterocycles. The fraction of sp³-hybridized carbons (Fsp3) is 0.481. The normalized spacial score (nSPS) is 14.8. The average molecular weight is 531 g/mol. The molecule has 0 radical (unpaired) electrons. The summed E-state index contributed by atoms with van der Waals surface area (Å²) in [6.07, 6.45) is 6.02. The van der Waals surface area contributed by atoms with Crippen LogP contribution >= 0.6 is 15.9 Å². The Morgan fingerprint density at radius 1 is 1.09 bits per heavy atom. The van der Waals surface area contributed by atoms with Gasteiger partial charge in [-0.05, 0) is 67.6 Å². The first-order valence-electron chi connectivity index (χ1n) is 12.0. The van der Waals surface area contributed by atoms with Crippen molar-refractivity contribution in [1.82, 2.24) is 10.2 Å². The summed E-state index contributed by atoms with van der Waals surface area (Å²) >= 11 is 3.48. The number of amides is 2. The van der Waals surface area contributed by atoms with Crippen molar-refractivity contribution >= 4 is 27.7 Å². The number of rotatable bonds is 10. The van der Waals surface area contributed by atoms with Crippen molar-refractivity contribution in [3.8, 4) is 11.5 Å². The van der Waals surface area contributed by atoms with Gasteiger partial charge >= 0.3 is 0 Å². The number of ether oxygens (including phenoxy) is 2. The Hall–Kier alpha value is -2.54. The van der Waals surface area contributed by atoms with Crippen molar-refractivity contribution in [2.45, 2.75) is 71.0 Å². The van der Waals surface area contributed by atoms with Crippen molar-refractivity contribution in [3.63, 3.8) is 0 Å². The van der Waals surface area contributed by atoms with E-state index in [0.717, 1.165) is 47.0 Å². The minimum Gasteiger partial charge on any atom is -0.497 e. The fourth-order valence-electron chi connectivity index (χ4n) is 4.33. The van der Waals surface area contributed by atoms with Crippen LogP contribution in [0.15, 0.2) is 46.9 Å². The maximum absolute atomic E-state index is 13.4. The van der Waals surface area contributed by atoms with E-state index in [-0.39, 0.29) is 24.5 Å². The number of aryl methyl sites for hydroxylation is 1. The molecule has 2 aromatic rings. The summed E-state index contributed by atoms with van der Waals surface area (Å²) in [5.41, 5.74) is 1.95. The lowest BCUT2D eigenvalue weighted by Crippen LogP contribution is -2.52. The molecule has 1 aliphatic carbocycles. The monoisotopic (exact) mass is 530 g/mol. The van der Waals surface area contributed by atoms with Gasteiger partial charge in [0, 0.05) is 17.1 Å². The van der Waals surface area contributed by atoms with E-state index in [0.29, 0.717) is 18.7 Å². The van der Waals surface area contributed by atoms with E-state index in [1.807, 2.05) is 56.3 Å². The highest BCUT2D eigenvalue weighted by Crippen LogP contribution is 2.23. The molecule has 2 aromatic carbocycles. The summed E-state index contributed by atoms with van der Waals surface area (Å²) in [5, 5.41) is 3.20. The van der Waals surface area contributed by atoms with E-state index in [1.54, 1.807) is 12.0 Å². The fourth-order valence-corrected chi connectivity index (χ4v) is 4.57. The van der Waals surface area contributed by atoms with Gasteiger partial charge < -0.3 is 19.7 Å². The minimum absolute atomic E-state index is 0.0873. The van der Waals surface area contributed by atoms with Crippen LogP contribution in [0.3, 0.4) is 0 Å². The molecule has 0 saturated heterocycles. The molecule has 0 unspecified atom stereocenters. The molecule has 0 heterocycles. The van der Waals surface area contributed by atoms with Gasteiger partial charge in [-0.15, -0.1) is 0 Å². The van der Waals surface area contributed by atoms with E-state index in [2.05, 4.69) is 21.2 Å². The van der Waals surface area contributed by atoms with Crippen LogP contribution in [-0.4, -0.2) is 42.5 Å². The second kappa shape index (κ2) is 12.8. The van der Waals surface area contributed by atoms with Crippen LogP contribution in [0.4, 0.5) is 0 Å². The Morgan fingerprint density at radius 3 is 2.38 bits per heavy atom. The van der Waals surface area contributed by atoms with Gasteiger partial charge in [0.05, 0.1) is 7.11 Å². The van der Waals surface area contributed by atoms with Crippen molar-refractivity contribution in [2.75, 3.05) is 13.7 Å². The highest BCUT2D eigenvalue weighted by Gasteiger charge is 2.30. The largest absolute Gasteiger partial charge is 0.497 e. The molecule has 1 aliphatic rings. The summed E-state index contributed by atoms with van der Waals surface area (Å²) in [6.45, 7) is 4.10. The molecule has 0 spiro atoms. The van der Waals surface area contributed by atoms with Gasteiger partial charge in [0.1, 0.15) is 17.5 Å². The van der Waals surface area contributed by atoms with Gasteiger partial charge in [-0.3, -0.25) is 9.59 Å². The summed E-state index contributed by atoms with van der Waals surface area (Å²) < 4.78 is 12.1. The number of methoxy groups -OCH3 is 1. The first-order valence-corrected chi connectivity index (χ1v) is 12.8. The molecule has 0 bridgehead atoms. The van der Waals surface area contributed by atoms with Crippen LogP contribution in [0.2, 0.25) is 0 Å². The quantitative estimate of drug-likeness (QED) is 0.446. The van der Waals surface area contributed by atoms with E-state index in [9.17, 15) is 9.59 Å². The predicted molar refractivity (Wildman–Crippen MR) is 137 cm³/mol. The third-order valence-electron chi connectivity index (χ3n) is 6.34. The molecule has 1 fully saturated rings. The number of carbonyl (C=O) groups is 2. The zero-order chi connectivity index (χ0) is 24.5. The van der Waals surface area contributed by atoms with Crippen molar-refractivity contribution in [1.29, 1.82) is 0 Å². The lowest BCUT2D eigenvalue weighted by atomic mass is 9.95. The van der Waals surface area contributed by atoms with Crippen LogP contribution < -0.4 is 14.8 Å². The highest BCUT2D eigenvalue weighted by molar-refractivity contribution is 9.10. The zero-order valence-corrected chi connectivity index (χ0v) is 21.9. The number of hydrogen-bond acceptors (Lipinski definition) is 4. The minimum atomic E-state index is -0.563. The first-order chi connectivity index (χ1) is 16.4. The van der Waals surface area contributed by atoms with Gasteiger partial charge in [0.15, 0.2) is 6.61 Å². The topological polar surface area (TPSA) is 67.9 Å². The number of hydrogen-bond donors (Lipinski definition) is 1. The van der Waals surface area contributed by atoms with Crippen LogP contribution in [0.25, 0.3) is 0 Å². The van der Waals surface area contributed by atoms with Crippen molar-refractivity contribution in [3.05, 3.63) is 58.1 Å². The summed E-state index contributed by atoms with van der Waals surface area (Å²) in [4.78, 5) is 28.3. The van der Waals surface area contributed by atoms with Crippen molar-refractivity contribution < 1.29 is 19.1 Å². The number of benzene rings is 2. The van der Waals surface area contributed by atoms with Crippen LogP contribution in [0.5, 0.6) is 11.5 Å². The number of halogens is 1. The molecule has 7 heteroatoms. The van der Waals surface area contributed by atoms with Gasteiger partial charge in [-0.25, -0.2) is 0 Å². The summed E-state index contributed by atoms with van der Waals surface area (Å²) in [6, 6.07) is 12.8. The zero-order valence-electron chi connectivity index (χ0n) is 20.3. The Balaban J connectivity index is 1.76. The molecule has 1 saturated carbocycles. The second-order valence-corrected chi connectivity index (χ2v) is 9.69. The molecule has 3 rings (SSSR count). The third kappa shape index (κ3) is 7.23. The molecule has 34 heavy (non-hydrogen) atoms. The summed E-state index contributed by atoms with van der Waals surface area (Å²) in [7, 11) is 1.62. The Bertz CT molecular complexity index is 958. The lowest BCUT2D eigenvalue weighted by Gasteiger charge is -2.32. The van der Waals surface area contributed by atoms with Gasteiger partial charge in [-0.1, -0.05) is 54.2 Å². The molecule has 0 aliphatic heterocycles. The van der Waals surface area contributed by atoms with E-state index < -0.39 is 6.04 Å². The Kier molecular flexibility index (Phi) is 9.81. The molecule has 2 amide bonds. The highest BCUT2D eigenvalue weighted by atomic mass is 79.9. The lowest BCUT2D eigenvalue weighted by molar-refractivity contribution is -0.143.